The largest absolute Gasteiger partial charge is 0.464 e. The van der Waals surface area contributed by atoms with Crippen LogP contribution < -0.4 is 5.32 Å². The van der Waals surface area contributed by atoms with Gasteiger partial charge in [0.2, 0.25) is 0 Å². The number of hydrogen-bond acceptors (Lipinski definition) is 12. The van der Waals surface area contributed by atoms with Crippen LogP contribution in [-0.4, -0.2) is 116 Å². The summed E-state index contributed by atoms with van der Waals surface area (Å²) < 4.78 is 16.9. The first-order chi connectivity index (χ1) is 20.3. The molecule has 3 aliphatic rings. The Morgan fingerprint density at radius 3 is 1.22 bits per heavy atom. The van der Waals surface area contributed by atoms with E-state index in [2.05, 4.69) is 33.0 Å². The van der Waals surface area contributed by atoms with Gasteiger partial charge in [0.1, 0.15) is 0 Å². The predicted octanol–water partition coefficient (Wildman–Crippen LogP) is 3.62. The lowest BCUT2D eigenvalue weighted by Crippen LogP contribution is -2.48. The average Bonchev–Trinajstić information content (AvgIpc) is 3.27. The van der Waals surface area contributed by atoms with E-state index in [-0.39, 0.29) is 68.3 Å². The van der Waals surface area contributed by atoms with E-state index in [0.29, 0.717) is 12.8 Å². The Labute approximate surface area is 270 Å². The van der Waals surface area contributed by atoms with Crippen molar-refractivity contribution in [2.45, 2.75) is 136 Å². The molecule has 12 nitrogen and oxygen atoms in total. The monoisotopic (exact) mass is 640 g/mol. The molecule has 3 atom stereocenters. The van der Waals surface area contributed by atoms with Gasteiger partial charge in [0.25, 0.3) is 0 Å². The lowest BCUT2D eigenvalue weighted by molar-refractivity contribution is -0.199. The Hall–Kier alpha value is -1.83. The average molecular weight is 641 g/mol. The Bertz CT molecular complexity index is 1040. The summed E-state index contributed by atoms with van der Waals surface area (Å²) >= 11 is 0. The molecule has 3 N–H and O–H groups in total. The first-order valence-electron chi connectivity index (χ1n) is 16.3. The predicted molar refractivity (Wildman–Crippen MR) is 168 cm³/mol. The summed E-state index contributed by atoms with van der Waals surface area (Å²) in [5, 5.41) is 27.5. The van der Waals surface area contributed by atoms with Gasteiger partial charge in [-0.3, -0.25) is 19.3 Å². The fourth-order valence-electron chi connectivity index (χ4n) is 7.91. The highest BCUT2D eigenvalue weighted by atomic mass is 16.5. The number of rotatable bonds is 12. The minimum atomic E-state index is -0.596. The normalized spacial score (nSPS) is 29.5. The number of esters is 3. The van der Waals surface area contributed by atoms with Crippen molar-refractivity contribution in [3.05, 3.63) is 0 Å². The van der Waals surface area contributed by atoms with Crippen LogP contribution in [-0.2, 0) is 28.6 Å². The highest BCUT2D eigenvalue weighted by Gasteiger charge is 2.53. The SMILES string of the molecule is CC1(C)CC(COC(=O)CN(CC(=O)OCC2CC(C)(C)N(O)C2(C)C)CC(=O)OCC2CC(C)(C)N(O)C2(C)C)C(C)(C)N1. The molecule has 3 heterocycles. The maximum atomic E-state index is 13.0. The third-order valence-electron chi connectivity index (χ3n) is 10.6. The van der Waals surface area contributed by atoms with Crippen LogP contribution in [0.4, 0.5) is 0 Å². The standard InChI is InChI=1S/C33H60N4O8/c1-28(2)13-22(31(7,8)34-28)19-43-25(38)16-35(17-26(39)44-20-23-14-29(3,4)36(41)32(23,9)10)18-27(40)45-21-24-15-30(5,6)37(42)33(24,11)12/h22-24,34,41-42H,13-21H2,1-12H3. The van der Waals surface area contributed by atoms with Crippen molar-refractivity contribution in [1.29, 1.82) is 0 Å². The highest BCUT2D eigenvalue weighted by molar-refractivity contribution is 5.78. The Balaban J connectivity index is 1.62. The van der Waals surface area contributed by atoms with Crippen molar-refractivity contribution in [3.63, 3.8) is 0 Å². The third-order valence-corrected chi connectivity index (χ3v) is 10.6. The summed E-state index contributed by atoms with van der Waals surface area (Å²) in [5.41, 5.74) is -2.41. The zero-order chi connectivity index (χ0) is 34.4. The van der Waals surface area contributed by atoms with E-state index in [1.807, 2.05) is 55.4 Å². The molecule has 0 saturated carbocycles. The molecule has 3 saturated heterocycles. The van der Waals surface area contributed by atoms with Crippen LogP contribution in [0.5, 0.6) is 0 Å². The van der Waals surface area contributed by atoms with Gasteiger partial charge in [0.15, 0.2) is 0 Å². The molecule has 0 aliphatic carbocycles. The summed E-state index contributed by atoms with van der Waals surface area (Å²) in [7, 11) is 0. The van der Waals surface area contributed by atoms with E-state index in [1.165, 1.54) is 15.0 Å². The molecule has 3 fully saturated rings. The van der Waals surface area contributed by atoms with Crippen molar-refractivity contribution >= 4 is 17.9 Å². The van der Waals surface area contributed by atoms with Crippen LogP contribution in [0.2, 0.25) is 0 Å². The Morgan fingerprint density at radius 1 is 0.622 bits per heavy atom. The molecular weight excluding hydrogens is 580 g/mol. The number of carbonyl (C=O) groups is 3. The van der Waals surface area contributed by atoms with E-state index < -0.39 is 40.1 Å². The van der Waals surface area contributed by atoms with Crippen LogP contribution in [0, 0.1) is 17.8 Å². The second kappa shape index (κ2) is 13.0. The molecule has 260 valence electrons. The van der Waals surface area contributed by atoms with Gasteiger partial charge in [-0.1, -0.05) is 0 Å². The fourth-order valence-corrected chi connectivity index (χ4v) is 7.91. The summed E-state index contributed by atoms with van der Waals surface area (Å²) in [6.07, 6.45) is 2.11. The van der Waals surface area contributed by atoms with Gasteiger partial charge in [-0.2, -0.15) is 10.1 Å². The van der Waals surface area contributed by atoms with Crippen LogP contribution in [0.15, 0.2) is 0 Å². The molecule has 3 rings (SSSR count). The van der Waals surface area contributed by atoms with Gasteiger partial charge in [0, 0.05) is 51.0 Å². The topological polar surface area (TPSA) is 141 Å². The maximum absolute atomic E-state index is 13.0. The van der Waals surface area contributed by atoms with Gasteiger partial charge in [-0.05, 0) is 102 Å². The number of nitrogens with one attached hydrogen (secondary N) is 1. The molecule has 0 aromatic heterocycles. The molecule has 0 aromatic carbocycles. The van der Waals surface area contributed by atoms with Crippen LogP contribution in [0.25, 0.3) is 0 Å². The summed E-state index contributed by atoms with van der Waals surface area (Å²) in [6, 6.07) is 0. The minimum absolute atomic E-state index is 0.0770. The number of nitrogens with zero attached hydrogens (tertiary/aromatic N) is 3. The van der Waals surface area contributed by atoms with Crippen LogP contribution in [0.3, 0.4) is 0 Å². The summed E-state index contributed by atoms with van der Waals surface area (Å²) in [4.78, 5) is 40.4. The van der Waals surface area contributed by atoms with Gasteiger partial charge in [-0.25, -0.2) is 0 Å². The second-order valence-electron chi connectivity index (χ2n) is 17.2. The molecule has 3 aliphatic heterocycles. The smallest absolute Gasteiger partial charge is 0.320 e. The van der Waals surface area contributed by atoms with Crippen LogP contribution >= 0.6 is 0 Å². The quantitative estimate of drug-likeness (QED) is 0.212. The number of carbonyl (C=O) groups excluding carboxylic acids is 3. The van der Waals surface area contributed by atoms with E-state index in [9.17, 15) is 24.8 Å². The second-order valence-corrected chi connectivity index (χ2v) is 17.2. The maximum Gasteiger partial charge on any atom is 0.320 e. The minimum Gasteiger partial charge on any atom is -0.464 e. The van der Waals surface area contributed by atoms with E-state index in [0.717, 1.165) is 6.42 Å². The molecule has 0 bridgehead atoms. The zero-order valence-corrected chi connectivity index (χ0v) is 29.8. The van der Waals surface area contributed by atoms with E-state index in [4.69, 9.17) is 14.2 Å². The molecular formula is C33H60N4O8. The first kappa shape index (κ1) is 37.6. The van der Waals surface area contributed by atoms with Crippen LogP contribution in [0.1, 0.15) is 102 Å². The first-order valence-corrected chi connectivity index (χ1v) is 16.3. The lowest BCUT2D eigenvalue weighted by atomic mass is 9.88. The van der Waals surface area contributed by atoms with Gasteiger partial charge in [0.05, 0.1) is 39.5 Å². The van der Waals surface area contributed by atoms with Crippen molar-refractivity contribution < 1.29 is 39.0 Å². The van der Waals surface area contributed by atoms with Gasteiger partial charge in [-0.15, -0.1) is 0 Å². The third kappa shape index (κ3) is 8.75. The number of hydroxylamine groups is 4. The van der Waals surface area contributed by atoms with Gasteiger partial charge >= 0.3 is 17.9 Å². The molecule has 0 radical (unpaired) electrons. The molecule has 0 aromatic rings. The van der Waals surface area contributed by atoms with Gasteiger partial charge < -0.3 is 29.9 Å². The number of ether oxygens (including phenoxy) is 3. The van der Waals surface area contributed by atoms with E-state index >= 15 is 0 Å². The zero-order valence-electron chi connectivity index (χ0n) is 29.8. The Morgan fingerprint density at radius 2 is 0.956 bits per heavy atom. The lowest BCUT2D eigenvalue weighted by Gasteiger charge is -2.35. The summed E-state index contributed by atoms with van der Waals surface area (Å²) in [5.74, 6) is -1.82. The molecule has 12 heteroatoms. The molecule has 45 heavy (non-hydrogen) atoms. The fraction of sp³-hybridized carbons (Fsp3) is 0.909. The van der Waals surface area contributed by atoms with Crippen molar-refractivity contribution in [3.8, 4) is 0 Å². The molecule has 3 unspecified atom stereocenters. The Kier molecular flexibility index (Phi) is 10.9. The number of hydrogen-bond donors (Lipinski definition) is 3. The van der Waals surface area contributed by atoms with Crippen molar-refractivity contribution in [1.82, 2.24) is 20.3 Å². The van der Waals surface area contributed by atoms with Crippen molar-refractivity contribution in [2.75, 3.05) is 39.5 Å². The highest BCUT2D eigenvalue weighted by Crippen LogP contribution is 2.44. The molecule has 0 amide bonds. The molecule has 0 spiro atoms. The summed E-state index contributed by atoms with van der Waals surface area (Å²) in [6.45, 7) is 23.3. The van der Waals surface area contributed by atoms with E-state index in [1.54, 1.807) is 0 Å². The van der Waals surface area contributed by atoms with Crippen molar-refractivity contribution in [2.24, 2.45) is 17.8 Å².